The second kappa shape index (κ2) is 9.78. The summed E-state index contributed by atoms with van der Waals surface area (Å²) in [7, 11) is 4.05. The van der Waals surface area contributed by atoms with Gasteiger partial charge >= 0.3 is 0 Å². The monoisotopic (exact) mass is 245 g/mol. The van der Waals surface area contributed by atoms with E-state index in [-0.39, 0.29) is 12.7 Å². The van der Waals surface area contributed by atoms with Crippen LogP contribution in [0.1, 0.15) is 18.2 Å². The summed E-state index contributed by atoms with van der Waals surface area (Å²) in [6, 6.07) is 4.10. The predicted molar refractivity (Wildman–Crippen MR) is 70.0 cm³/mol. The van der Waals surface area contributed by atoms with Crippen molar-refractivity contribution < 1.29 is 10.2 Å². The number of thiophene rings is 1. The highest BCUT2D eigenvalue weighted by Crippen LogP contribution is 2.12. The van der Waals surface area contributed by atoms with Gasteiger partial charge in [0, 0.05) is 17.9 Å². The first-order valence-corrected chi connectivity index (χ1v) is 6.44. The molecule has 0 fully saturated rings. The Balaban J connectivity index is 0.000000673. The van der Waals surface area contributed by atoms with E-state index in [9.17, 15) is 5.11 Å². The van der Waals surface area contributed by atoms with Gasteiger partial charge in [0.15, 0.2) is 0 Å². The van der Waals surface area contributed by atoms with Gasteiger partial charge in [-0.1, -0.05) is 6.07 Å². The van der Waals surface area contributed by atoms with Gasteiger partial charge in [0.05, 0.1) is 6.10 Å². The Morgan fingerprint density at radius 2 is 2.06 bits per heavy atom. The smallest absolute Gasteiger partial charge is 0.0600 e. The minimum atomic E-state index is -0.193. The van der Waals surface area contributed by atoms with Crippen LogP contribution >= 0.6 is 11.3 Å². The first-order valence-electron chi connectivity index (χ1n) is 5.56. The van der Waals surface area contributed by atoms with E-state index in [2.05, 4.69) is 11.0 Å². The van der Waals surface area contributed by atoms with Crippen LogP contribution in [0.4, 0.5) is 0 Å². The Bertz CT molecular complexity index is 237. The summed E-state index contributed by atoms with van der Waals surface area (Å²) in [5, 5.41) is 19.3. The molecular weight excluding hydrogens is 222 g/mol. The van der Waals surface area contributed by atoms with Crippen LogP contribution in [-0.2, 0) is 6.42 Å². The molecule has 0 aromatic carbocycles. The lowest BCUT2D eigenvalue weighted by Crippen LogP contribution is -2.20. The second-order valence-electron chi connectivity index (χ2n) is 3.85. The molecule has 0 radical (unpaired) electrons. The van der Waals surface area contributed by atoms with Crippen molar-refractivity contribution in [3.05, 3.63) is 22.4 Å². The molecule has 1 rings (SSSR count). The zero-order valence-electron chi connectivity index (χ0n) is 10.4. The summed E-state index contributed by atoms with van der Waals surface area (Å²) in [4.78, 5) is 3.36. The van der Waals surface area contributed by atoms with E-state index >= 15 is 0 Å². The van der Waals surface area contributed by atoms with Crippen LogP contribution in [0.5, 0.6) is 0 Å². The van der Waals surface area contributed by atoms with Crippen molar-refractivity contribution in [1.29, 1.82) is 0 Å². The molecule has 1 heterocycles. The highest BCUT2D eigenvalue weighted by atomic mass is 32.1. The van der Waals surface area contributed by atoms with Gasteiger partial charge in [0.1, 0.15) is 0 Å². The molecular formula is C12H23NO2S. The average molecular weight is 245 g/mol. The molecule has 3 nitrogen and oxygen atoms in total. The van der Waals surface area contributed by atoms with Gasteiger partial charge in [-0.25, -0.2) is 0 Å². The first kappa shape index (κ1) is 15.6. The van der Waals surface area contributed by atoms with Gasteiger partial charge in [0.25, 0.3) is 0 Å². The fourth-order valence-corrected chi connectivity index (χ4v) is 1.95. The third-order valence-corrected chi connectivity index (χ3v) is 2.83. The summed E-state index contributed by atoms with van der Waals surface area (Å²) in [5.41, 5.74) is 0. The Morgan fingerprint density at radius 3 is 2.50 bits per heavy atom. The molecule has 0 aliphatic carbocycles. The van der Waals surface area contributed by atoms with Gasteiger partial charge in [-0.15, -0.1) is 11.3 Å². The lowest BCUT2D eigenvalue weighted by atomic mass is 10.1. The lowest BCUT2D eigenvalue weighted by Gasteiger charge is -2.13. The maximum Gasteiger partial charge on any atom is 0.0600 e. The maximum atomic E-state index is 9.65. The fourth-order valence-electron chi connectivity index (χ4n) is 1.17. The molecule has 4 heteroatoms. The maximum absolute atomic E-state index is 9.65. The Morgan fingerprint density at radius 1 is 1.44 bits per heavy atom. The van der Waals surface area contributed by atoms with Gasteiger partial charge in [-0.3, -0.25) is 0 Å². The van der Waals surface area contributed by atoms with E-state index in [1.54, 1.807) is 18.3 Å². The summed E-state index contributed by atoms with van der Waals surface area (Å²) in [6.07, 6.45) is 1.46. The van der Waals surface area contributed by atoms with E-state index in [1.807, 2.05) is 25.5 Å². The number of hydrogen-bond acceptors (Lipinski definition) is 4. The van der Waals surface area contributed by atoms with Crippen molar-refractivity contribution in [1.82, 2.24) is 4.90 Å². The van der Waals surface area contributed by atoms with Crippen LogP contribution in [0.15, 0.2) is 17.5 Å². The van der Waals surface area contributed by atoms with Crippen LogP contribution in [0, 0.1) is 0 Å². The molecule has 0 aliphatic heterocycles. The minimum absolute atomic E-state index is 0.193. The molecule has 16 heavy (non-hydrogen) atoms. The van der Waals surface area contributed by atoms with Crippen molar-refractivity contribution in [2.45, 2.75) is 25.9 Å². The highest BCUT2D eigenvalue weighted by Gasteiger charge is 2.06. The number of aliphatic hydroxyl groups excluding tert-OH is 2. The average Bonchev–Trinajstić information content (AvgIpc) is 2.68. The molecule has 0 saturated heterocycles. The van der Waals surface area contributed by atoms with Crippen molar-refractivity contribution in [2.75, 3.05) is 27.2 Å². The molecule has 0 amide bonds. The van der Waals surface area contributed by atoms with Crippen molar-refractivity contribution in [3.8, 4) is 0 Å². The van der Waals surface area contributed by atoms with Crippen LogP contribution in [0.3, 0.4) is 0 Å². The SMILES string of the molecule is CCO.CN(C)CCC(O)Cc1cccs1. The van der Waals surface area contributed by atoms with Crippen molar-refractivity contribution in [2.24, 2.45) is 0 Å². The molecule has 94 valence electrons. The van der Waals surface area contributed by atoms with Gasteiger partial charge in [0.2, 0.25) is 0 Å². The van der Waals surface area contributed by atoms with E-state index in [4.69, 9.17) is 5.11 Å². The normalized spacial score (nSPS) is 12.1. The molecule has 1 unspecified atom stereocenters. The predicted octanol–water partition coefficient (Wildman–Crippen LogP) is 1.60. The molecule has 0 bridgehead atoms. The first-order chi connectivity index (χ1) is 7.60. The number of rotatable bonds is 5. The van der Waals surface area contributed by atoms with Crippen LogP contribution in [-0.4, -0.2) is 48.5 Å². The standard InChI is InChI=1S/C10H17NOS.C2H6O/c1-11(2)6-5-9(12)8-10-4-3-7-13-10;1-2-3/h3-4,7,9,12H,5-6,8H2,1-2H3;3H,2H2,1H3. The molecule has 1 atom stereocenters. The van der Waals surface area contributed by atoms with Gasteiger partial charge in [-0.05, 0) is 45.4 Å². The summed E-state index contributed by atoms with van der Waals surface area (Å²) in [5.74, 6) is 0. The van der Waals surface area contributed by atoms with E-state index in [0.29, 0.717) is 0 Å². The lowest BCUT2D eigenvalue weighted by molar-refractivity contribution is 0.153. The quantitative estimate of drug-likeness (QED) is 0.828. The molecule has 0 saturated carbocycles. The third kappa shape index (κ3) is 8.85. The Hall–Kier alpha value is -0.420. The van der Waals surface area contributed by atoms with Crippen molar-refractivity contribution in [3.63, 3.8) is 0 Å². The summed E-state index contributed by atoms with van der Waals surface area (Å²) >= 11 is 1.71. The largest absolute Gasteiger partial charge is 0.397 e. The Labute approximate surface area is 102 Å². The second-order valence-corrected chi connectivity index (χ2v) is 4.88. The molecule has 0 aliphatic rings. The molecule has 1 aromatic rings. The van der Waals surface area contributed by atoms with E-state index in [1.165, 1.54) is 4.88 Å². The van der Waals surface area contributed by atoms with Gasteiger partial charge in [-0.2, -0.15) is 0 Å². The topological polar surface area (TPSA) is 43.7 Å². The number of hydrogen-bond donors (Lipinski definition) is 2. The zero-order valence-corrected chi connectivity index (χ0v) is 11.2. The van der Waals surface area contributed by atoms with E-state index in [0.717, 1.165) is 19.4 Å². The summed E-state index contributed by atoms with van der Waals surface area (Å²) < 4.78 is 0. The zero-order chi connectivity index (χ0) is 12.4. The van der Waals surface area contributed by atoms with Crippen LogP contribution in [0.2, 0.25) is 0 Å². The Kier molecular flexibility index (Phi) is 9.52. The fraction of sp³-hybridized carbons (Fsp3) is 0.667. The van der Waals surface area contributed by atoms with Crippen LogP contribution in [0.25, 0.3) is 0 Å². The van der Waals surface area contributed by atoms with Gasteiger partial charge < -0.3 is 15.1 Å². The molecule has 1 aromatic heterocycles. The van der Waals surface area contributed by atoms with Crippen molar-refractivity contribution >= 4 is 11.3 Å². The third-order valence-electron chi connectivity index (χ3n) is 1.93. The highest BCUT2D eigenvalue weighted by molar-refractivity contribution is 7.09. The summed E-state index contributed by atoms with van der Waals surface area (Å²) in [6.45, 7) is 2.88. The molecule has 2 N–H and O–H groups in total. The number of aliphatic hydroxyl groups is 2. The number of nitrogens with zero attached hydrogens (tertiary/aromatic N) is 1. The van der Waals surface area contributed by atoms with E-state index < -0.39 is 0 Å². The minimum Gasteiger partial charge on any atom is -0.397 e. The molecule has 0 spiro atoms. The van der Waals surface area contributed by atoms with Crippen LogP contribution < -0.4 is 0 Å².